The largest absolute Gasteiger partial charge is 0.321 e. The predicted octanol–water partition coefficient (Wildman–Crippen LogP) is 4.21. The zero-order valence-corrected chi connectivity index (χ0v) is 18.1. The van der Waals surface area contributed by atoms with Crippen molar-refractivity contribution in [3.8, 4) is 11.1 Å². The number of rotatable bonds is 6. The molecule has 32 heavy (non-hydrogen) atoms. The number of hydrogen-bond donors (Lipinski definition) is 2. The number of pyridine rings is 1. The molecule has 0 aliphatic carbocycles. The summed E-state index contributed by atoms with van der Waals surface area (Å²) in [4.78, 5) is 24.2. The molecule has 3 aromatic rings. The maximum atomic E-state index is 13.0. The molecule has 1 amide bonds. The smallest absolute Gasteiger partial charge is 0.276 e. The van der Waals surface area contributed by atoms with Gasteiger partial charge in [-0.15, -0.1) is 0 Å². The van der Waals surface area contributed by atoms with Crippen molar-refractivity contribution in [1.29, 1.82) is 0 Å². The molecule has 2 N–H and O–H groups in total. The Balaban J connectivity index is 1.39. The molecule has 0 spiro atoms. The van der Waals surface area contributed by atoms with Crippen LogP contribution in [-0.2, 0) is 6.54 Å². The minimum absolute atomic E-state index is 0.242. The first-order valence-corrected chi connectivity index (χ1v) is 11.1. The van der Waals surface area contributed by atoms with E-state index < -0.39 is 0 Å². The van der Waals surface area contributed by atoms with E-state index in [0.29, 0.717) is 5.69 Å². The summed E-state index contributed by atoms with van der Waals surface area (Å²) < 4.78 is 0. The summed E-state index contributed by atoms with van der Waals surface area (Å²) in [5.41, 5.74) is 6.28. The maximum absolute atomic E-state index is 13.0. The Bertz CT molecular complexity index is 1250. The molecule has 0 radical (unpaired) electrons. The zero-order chi connectivity index (χ0) is 21.9. The van der Waals surface area contributed by atoms with Gasteiger partial charge in [-0.2, -0.15) is 5.10 Å². The molecule has 0 atom stereocenters. The number of hydrogen-bond acceptors (Lipinski definition) is 5. The number of fused-ring (bicyclic) bond motifs is 1. The van der Waals surface area contributed by atoms with Crippen LogP contribution in [-0.4, -0.2) is 44.8 Å². The van der Waals surface area contributed by atoms with Gasteiger partial charge in [0.25, 0.3) is 5.91 Å². The summed E-state index contributed by atoms with van der Waals surface area (Å²) in [5.74, 6) is -0.242. The van der Waals surface area contributed by atoms with E-state index in [4.69, 9.17) is 0 Å². The fourth-order valence-electron chi connectivity index (χ4n) is 3.99. The second-order valence-corrected chi connectivity index (χ2v) is 8.23. The number of nitrogens with zero attached hydrogens (tertiary/aromatic N) is 4. The average molecular weight is 427 g/mol. The maximum Gasteiger partial charge on any atom is 0.276 e. The highest BCUT2D eigenvalue weighted by Gasteiger charge is 2.17. The molecule has 7 heteroatoms. The molecule has 0 unspecified atom stereocenters. The molecule has 2 aliphatic rings. The third-order valence-corrected chi connectivity index (χ3v) is 6.00. The number of aromatic nitrogens is 3. The third-order valence-electron chi connectivity index (χ3n) is 6.00. The SMILES string of the molecule is CCC1=NC=CC(NC(=O)c2n[nH]c3ccc(-c4cncc(CN5CCC5)c4)cc23)=CC1. The number of carbonyl (C=O) groups is 1. The van der Waals surface area contributed by atoms with Crippen LogP contribution in [0.5, 0.6) is 0 Å². The minimum atomic E-state index is -0.242. The molecule has 162 valence electrons. The van der Waals surface area contributed by atoms with Crippen molar-refractivity contribution in [2.75, 3.05) is 13.1 Å². The quantitative estimate of drug-likeness (QED) is 0.618. The number of nitrogens with one attached hydrogen (secondary N) is 2. The lowest BCUT2D eigenvalue weighted by Crippen LogP contribution is -2.36. The first kappa shape index (κ1) is 20.3. The first-order chi connectivity index (χ1) is 15.7. The molecular weight excluding hydrogens is 400 g/mol. The zero-order valence-electron chi connectivity index (χ0n) is 18.1. The number of aromatic amines is 1. The molecule has 1 aromatic carbocycles. The number of benzene rings is 1. The summed E-state index contributed by atoms with van der Waals surface area (Å²) in [7, 11) is 0. The van der Waals surface area contributed by atoms with Crippen molar-refractivity contribution < 1.29 is 4.79 Å². The van der Waals surface area contributed by atoms with Gasteiger partial charge in [0.1, 0.15) is 0 Å². The number of H-pyrrole nitrogens is 1. The van der Waals surface area contributed by atoms with Gasteiger partial charge in [-0.1, -0.05) is 19.1 Å². The minimum Gasteiger partial charge on any atom is -0.321 e. The highest BCUT2D eigenvalue weighted by molar-refractivity contribution is 6.06. The van der Waals surface area contributed by atoms with Crippen molar-refractivity contribution in [2.24, 2.45) is 4.99 Å². The normalized spacial score (nSPS) is 16.3. The fraction of sp³-hybridized carbons (Fsp3) is 0.280. The van der Waals surface area contributed by atoms with E-state index >= 15 is 0 Å². The van der Waals surface area contributed by atoms with Crippen LogP contribution in [0.25, 0.3) is 22.0 Å². The van der Waals surface area contributed by atoms with Gasteiger partial charge in [-0.25, -0.2) is 0 Å². The Kier molecular flexibility index (Phi) is 5.64. The van der Waals surface area contributed by atoms with Crippen LogP contribution in [0.1, 0.15) is 42.2 Å². The lowest BCUT2D eigenvalue weighted by atomic mass is 10.0. The molecule has 5 rings (SSSR count). The molecule has 2 aliphatic heterocycles. The van der Waals surface area contributed by atoms with Gasteiger partial charge >= 0.3 is 0 Å². The summed E-state index contributed by atoms with van der Waals surface area (Å²) in [6, 6.07) is 8.18. The molecule has 7 nitrogen and oxygen atoms in total. The van der Waals surface area contributed by atoms with Crippen LogP contribution in [0.4, 0.5) is 0 Å². The molecule has 4 heterocycles. The van der Waals surface area contributed by atoms with Crippen LogP contribution in [0.15, 0.2) is 65.7 Å². The number of allylic oxidation sites excluding steroid dienone is 2. The number of likely N-dealkylation sites (tertiary alicyclic amines) is 1. The Labute approximate surface area is 187 Å². The fourth-order valence-corrected chi connectivity index (χ4v) is 3.99. The first-order valence-electron chi connectivity index (χ1n) is 11.1. The summed E-state index contributed by atoms with van der Waals surface area (Å²) in [6.07, 6.45) is 12.2. The van der Waals surface area contributed by atoms with Crippen molar-refractivity contribution in [2.45, 2.75) is 32.7 Å². The Morgan fingerprint density at radius 2 is 2.09 bits per heavy atom. The van der Waals surface area contributed by atoms with Gasteiger partial charge < -0.3 is 5.32 Å². The van der Waals surface area contributed by atoms with Gasteiger partial charge in [-0.05, 0) is 61.3 Å². The summed E-state index contributed by atoms with van der Waals surface area (Å²) in [5, 5.41) is 11.0. The van der Waals surface area contributed by atoms with Crippen molar-refractivity contribution >= 4 is 22.5 Å². The van der Waals surface area contributed by atoms with Crippen LogP contribution in [0, 0.1) is 0 Å². The van der Waals surface area contributed by atoms with E-state index in [9.17, 15) is 4.79 Å². The lowest BCUT2D eigenvalue weighted by molar-refractivity contribution is 0.0963. The van der Waals surface area contributed by atoms with Crippen LogP contribution in [0.3, 0.4) is 0 Å². The van der Waals surface area contributed by atoms with E-state index in [1.807, 2.05) is 42.7 Å². The predicted molar refractivity (Wildman–Crippen MR) is 126 cm³/mol. The monoisotopic (exact) mass is 426 g/mol. The summed E-state index contributed by atoms with van der Waals surface area (Å²) in [6.45, 7) is 5.31. The Hall–Kier alpha value is -3.58. The van der Waals surface area contributed by atoms with Crippen molar-refractivity contribution in [3.05, 3.63) is 72.0 Å². The molecule has 1 saturated heterocycles. The molecule has 2 aromatic heterocycles. The van der Waals surface area contributed by atoms with Gasteiger partial charge in [0.05, 0.1) is 5.52 Å². The number of aliphatic imine (C=N–C) groups is 1. The van der Waals surface area contributed by atoms with Gasteiger partial charge in [0, 0.05) is 53.9 Å². The van der Waals surface area contributed by atoms with Crippen LogP contribution >= 0.6 is 0 Å². The number of carbonyl (C=O) groups excluding carboxylic acids is 1. The van der Waals surface area contributed by atoms with Crippen LogP contribution in [0.2, 0.25) is 0 Å². The van der Waals surface area contributed by atoms with Gasteiger partial charge in [0.2, 0.25) is 0 Å². The van der Waals surface area contributed by atoms with Gasteiger partial charge in [-0.3, -0.25) is 24.8 Å². The molecule has 0 saturated carbocycles. The van der Waals surface area contributed by atoms with E-state index in [1.165, 1.54) is 12.0 Å². The highest BCUT2D eigenvalue weighted by Crippen LogP contribution is 2.26. The lowest BCUT2D eigenvalue weighted by Gasteiger charge is -2.30. The Morgan fingerprint density at radius 1 is 1.19 bits per heavy atom. The topological polar surface area (TPSA) is 86.3 Å². The van der Waals surface area contributed by atoms with E-state index in [-0.39, 0.29) is 5.91 Å². The van der Waals surface area contributed by atoms with E-state index in [0.717, 1.165) is 65.9 Å². The van der Waals surface area contributed by atoms with Crippen molar-refractivity contribution in [1.82, 2.24) is 25.4 Å². The molecule has 0 bridgehead atoms. The Morgan fingerprint density at radius 3 is 2.91 bits per heavy atom. The van der Waals surface area contributed by atoms with Crippen LogP contribution < -0.4 is 5.32 Å². The van der Waals surface area contributed by atoms with E-state index in [2.05, 4.69) is 43.4 Å². The second kappa shape index (κ2) is 8.88. The average Bonchev–Trinajstić information content (AvgIpc) is 3.08. The molecule has 1 fully saturated rings. The summed E-state index contributed by atoms with van der Waals surface area (Å²) >= 11 is 0. The third kappa shape index (κ3) is 4.24. The van der Waals surface area contributed by atoms with E-state index in [1.54, 1.807) is 6.20 Å². The van der Waals surface area contributed by atoms with Crippen molar-refractivity contribution in [3.63, 3.8) is 0 Å². The highest BCUT2D eigenvalue weighted by atomic mass is 16.1. The number of amides is 1. The standard InChI is InChI=1S/C25H26N6O/c1-2-20-5-6-21(8-9-27-20)28-25(32)24-22-13-18(4-7-23(22)29-30-24)19-12-17(14-26-15-19)16-31-10-3-11-31/h4,6-9,12-15H,2-3,5,10-11,16H2,1H3,(H,28,32)(H,29,30). The second-order valence-electron chi connectivity index (χ2n) is 8.23. The van der Waals surface area contributed by atoms with Gasteiger partial charge in [0.15, 0.2) is 5.69 Å². The molecular formula is C25H26N6O.